The summed E-state index contributed by atoms with van der Waals surface area (Å²) in [7, 11) is -4.70. The number of hydrogen-bond donors (Lipinski definition) is 3. The summed E-state index contributed by atoms with van der Waals surface area (Å²) < 4.78 is 0. The minimum atomic E-state index is -4.70. The van der Waals surface area contributed by atoms with E-state index in [-0.39, 0.29) is 23.7 Å². The SMILES string of the molecule is CC(C)C(C(C)C)P(O)(O)(O)C(C(C)C)C(C)C. The summed E-state index contributed by atoms with van der Waals surface area (Å²) in [5, 5.41) is 0. The van der Waals surface area contributed by atoms with Gasteiger partial charge in [0.05, 0.1) is 0 Å². The van der Waals surface area contributed by atoms with E-state index in [1.807, 2.05) is 55.4 Å². The van der Waals surface area contributed by atoms with Crippen LogP contribution in [0, 0.1) is 23.7 Å². The Morgan fingerprint density at radius 2 is 0.667 bits per heavy atom. The van der Waals surface area contributed by atoms with E-state index in [2.05, 4.69) is 0 Å². The molecule has 4 heteroatoms. The third-order valence-electron chi connectivity index (χ3n) is 3.88. The molecule has 3 N–H and O–H groups in total. The van der Waals surface area contributed by atoms with E-state index in [9.17, 15) is 14.7 Å². The zero-order valence-electron chi connectivity index (χ0n) is 13.3. The zero-order valence-corrected chi connectivity index (χ0v) is 14.1. The van der Waals surface area contributed by atoms with Crippen molar-refractivity contribution in [3.8, 4) is 0 Å². The molecule has 3 nitrogen and oxygen atoms in total. The third kappa shape index (κ3) is 3.66. The van der Waals surface area contributed by atoms with Gasteiger partial charge in [0.15, 0.2) is 0 Å². The van der Waals surface area contributed by atoms with Crippen LogP contribution >= 0.6 is 7.28 Å². The van der Waals surface area contributed by atoms with Crippen molar-refractivity contribution >= 4 is 7.28 Å². The van der Waals surface area contributed by atoms with E-state index in [1.54, 1.807) is 0 Å². The molecule has 18 heavy (non-hydrogen) atoms. The molecule has 0 heterocycles. The summed E-state index contributed by atoms with van der Waals surface area (Å²) >= 11 is 0. The van der Waals surface area contributed by atoms with Crippen molar-refractivity contribution < 1.29 is 14.7 Å². The van der Waals surface area contributed by atoms with Crippen LogP contribution in [-0.2, 0) is 0 Å². The summed E-state index contributed by atoms with van der Waals surface area (Å²) in [5.74, 6) is 0.177. The standard InChI is InChI=1S/C14H33O3P/c1-9(2)13(10(3)4)18(15,16,17)14(11(5)6)12(7)8/h9-17H,1-8H3. The summed E-state index contributed by atoms with van der Waals surface area (Å²) in [6.45, 7) is 15.6. The van der Waals surface area contributed by atoms with Gasteiger partial charge in [-0.25, -0.2) is 0 Å². The molecule has 0 aliphatic rings. The average Bonchev–Trinajstić information content (AvgIpc) is 1.94. The second kappa shape index (κ2) is 5.75. The normalized spacial score (nSPS) is 16.4. The Bertz CT molecular complexity index is 224. The minimum absolute atomic E-state index is 0.0441. The van der Waals surface area contributed by atoms with Gasteiger partial charge in [0.2, 0.25) is 0 Å². The van der Waals surface area contributed by atoms with Gasteiger partial charge in [0, 0.05) is 0 Å². The van der Waals surface area contributed by atoms with E-state index >= 15 is 0 Å². The Labute approximate surface area is 113 Å². The fraction of sp³-hybridized carbons (Fsp3) is 1.00. The van der Waals surface area contributed by atoms with Crippen LogP contribution in [0.25, 0.3) is 0 Å². The van der Waals surface area contributed by atoms with Crippen molar-refractivity contribution in [3.63, 3.8) is 0 Å². The van der Waals surface area contributed by atoms with Crippen LogP contribution in [0.1, 0.15) is 55.4 Å². The average molecular weight is 280 g/mol. The summed E-state index contributed by atoms with van der Waals surface area (Å²) in [6, 6.07) is 0. The van der Waals surface area contributed by atoms with Crippen molar-refractivity contribution in [3.05, 3.63) is 0 Å². The first-order valence-corrected chi connectivity index (χ1v) is 9.30. The van der Waals surface area contributed by atoms with Crippen molar-refractivity contribution in [2.45, 2.75) is 66.7 Å². The molecule has 0 rings (SSSR count). The van der Waals surface area contributed by atoms with Crippen molar-refractivity contribution in [1.29, 1.82) is 0 Å². The third-order valence-corrected chi connectivity index (χ3v) is 8.55. The summed E-state index contributed by atoms with van der Waals surface area (Å²) in [5.41, 5.74) is -0.906. The van der Waals surface area contributed by atoms with Crippen LogP contribution in [0.2, 0.25) is 0 Å². The number of rotatable bonds is 6. The Morgan fingerprint density at radius 3 is 0.778 bits per heavy atom. The maximum atomic E-state index is 10.8. The molecule has 0 spiro atoms. The molecule has 0 aromatic rings. The van der Waals surface area contributed by atoms with Gasteiger partial charge in [-0.3, -0.25) is 0 Å². The van der Waals surface area contributed by atoms with Gasteiger partial charge in [0.1, 0.15) is 0 Å². The molecule has 0 saturated carbocycles. The number of hydrogen-bond acceptors (Lipinski definition) is 3. The quantitative estimate of drug-likeness (QED) is 0.651. The van der Waals surface area contributed by atoms with E-state index < -0.39 is 18.6 Å². The Morgan fingerprint density at radius 1 is 0.500 bits per heavy atom. The molecule has 0 aromatic carbocycles. The van der Waals surface area contributed by atoms with Crippen LogP contribution in [0.15, 0.2) is 0 Å². The second-order valence-electron chi connectivity index (χ2n) is 7.07. The molecule has 0 unspecified atom stereocenters. The molecule has 0 aliphatic carbocycles. The van der Waals surface area contributed by atoms with Gasteiger partial charge in [-0.05, 0) is 0 Å². The molecule has 0 amide bonds. The van der Waals surface area contributed by atoms with Crippen LogP contribution < -0.4 is 0 Å². The van der Waals surface area contributed by atoms with Crippen LogP contribution in [0.4, 0.5) is 0 Å². The van der Waals surface area contributed by atoms with E-state index in [4.69, 9.17) is 0 Å². The predicted octanol–water partition coefficient (Wildman–Crippen LogP) is 3.62. The Kier molecular flexibility index (Phi) is 5.84. The molecule has 0 fully saturated rings. The molecule has 0 aliphatic heterocycles. The molecular weight excluding hydrogens is 247 g/mol. The van der Waals surface area contributed by atoms with Crippen LogP contribution in [0.3, 0.4) is 0 Å². The fourth-order valence-electron chi connectivity index (χ4n) is 4.03. The van der Waals surface area contributed by atoms with E-state index in [0.717, 1.165) is 0 Å². The Balaban J connectivity index is 5.73. The fourth-order valence-corrected chi connectivity index (χ4v) is 9.00. The van der Waals surface area contributed by atoms with Gasteiger partial charge in [0.25, 0.3) is 0 Å². The van der Waals surface area contributed by atoms with Gasteiger partial charge < -0.3 is 0 Å². The molecule has 112 valence electrons. The molecule has 0 aromatic heterocycles. The molecule has 0 saturated heterocycles. The monoisotopic (exact) mass is 280 g/mol. The van der Waals surface area contributed by atoms with Gasteiger partial charge in [-0.2, -0.15) is 0 Å². The summed E-state index contributed by atoms with van der Waals surface area (Å²) in [4.78, 5) is 32.5. The van der Waals surface area contributed by atoms with Gasteiger partial charge in [-0.15, -0.1) is 0 Å². The summed E-state index contributed by atoms with van der Waals surface area (Å²) in [6.07, 6.45) is 0. The zero-order chi connectivity index (χ0) is 14.9. The van der Waals surface area contributed by atoms with E-state index in [0.29, 0.717) is 0 Å². The first kappa shape index (κ1) is 18.3. The molecule has 0 radical (unpaired) electrons. The van der Waals surface area contributed by atoms with Crippen molar-refractivity contribution in [1.82, 2.24) is 0 Å². The van der Waals surface area contributed by atoms with Crippen molar-refractivity contribution in [2.24, 2.45) is 23.7 Å². The first-order chi connectivity index (χ1) is 7.81. The molecule has 0 bridgehead atoms. The molecule has 0 atom stereocenters. The second-order valence-corrected chi connectivity index (χ2v) is 10.5. The van der Waals surface area contributed by atoms with Crippen LogP contribution in [-0.4, -0.2) is 26.0 Å². The Hall–Kier alpha value is 0.310. The predicted molar refractivity (Wildman–Crippen MR) is 80.5 cm³/mol. The van der Waals surface area contributed by atoms with Crippen molar-refractivity contribution in [2.75, 3.05) is 0 Å². The topological polar surface area (TPSA) is 60.7 Å². The van der Waals surface area contributed by atoms with Gasteiger partial charge in [-0.1, -0.05) is 0 Å². The van der Waals surface area contributed by atoms with Gasteiger partial charge >= 0.3 is 112 Å². The maximum absolute atomic E-state index is 10.8. The van der Waals surface area contributed by atoms with Crippen LogP contribution in [0.5, 0.6) is 0 Å². The molecular formula is C14H33O3P. The first-order valence-electron chi connectivity index (χ1n) is 7.07. The van der Waals surface area contributed by atoms with E-state index in [1.165, 1.54) is 0 Å².